The molecular formula is C17H20N4O. The minimum atomic E-state index is -0.193. The number of hydrogen-bond acceptors (Lipinski definition) is 4. The Morgan fingerprint density at radius 1 is 1.14 bits per heavy atom. The van der Waals surface area contributed by atoms with Gasteiger partial charge in [0.15, 0.2) is 0 Å². The Kier molecular flexibility index (Phi) is 4.32. The van der Waals surface area contributed by atoms with Crippen LogP contribution in [0, 0.1) is 6.92 Å². The standard InChI is InChI=1S/C17H20N4O/c1-12-6-2-5-9-15(12)21-16(22)13-10-18-17(19-11-13)20-14-7-3-4-8-14/h2,5-6,9-11,14H,3-4,7-8H2,1H3,(H,21,22)(H,18,19,20). The van der Waals surface area contributed by atoms with Gasteiger partial charge in [-0.1, -0.05) is 31.0 Å². The van der Waals surface area contributed by atoms with Gasteiger partial charge in [-0.3, -0.25) is 4.79 Å². The molecule has 22 heavy (non-hydrogen) atoms. The van der Waals surface area contributed by atoms with Crippen molar-refractivity contribution in [1.29, 1.82) is 0 Å². The van der Waals surface area contributed by atoms with Crippen molar-refractivity contribution < 1.29 is 4.79 Å². The summed E-state index contributed by atoms with van der Waals surface area (Å²) in [4.78, 5) is 20.7. The van der Waals surface area contributed by atoms with Gasteiger partial charge in [-0.2, -0.15) is 0 Å². The lowest BCUT2D eigenvalue weighted by Crippen LogP contribution is -2.18. The summed E-state index contributed by atoms with van der Waals surface area (Å²) in [6, 6.07) is 8.14. The number of nitrogens with zero attached hydrogens (tertiary/aromatic N) is 2. The van der Waals surface area contributed by atoms with Gasteiger partial charge in [-0.05, 0) is 31.4 Å². The second kappa shape index (κ2) is 6.56. The fourth-order valence-electron chi connectivity index (χ4n) is 2.68. The fourth-order valence-corrected chi connectivity index (χ4v) is 2.68. The highest BCUT2D eigenvalue weighted by Gasteiger charge is 2.16. The Hall–Kier alpha value is -2.43. The number of nitrogens with one attached hydrogen (secondary N) is 2. The molecule has 2 N–H and O–H groups in total. The van der Waals surface area contributed by atoms with Gasteiger partial charge in [-0.25, -0.2) is 9.97 Å². The third kappa shape index (κ3) is 3.42. The number of aryl methyl sites for hydroxylation is 1. The van der Waals surface area contributed by atoms with Gasteiger partial charge in [0, 0.05) is 24.1 Å². The van der Waals surface area contributed by atoms with Gasteiger partial charge < -0.3 is 10.6 Å². The van der Waals surface area contributed by atoms with Crippen molar-refractivity contribution in [3.05, 3.63) is 47.8 Å². The summed E-state index contributed by atoms with van der Waals surface area (Å²) < 4.78 is 0. The predicted octanol–water partition coefficient (Wildman–Crippen LogP) is 3.39. The van der Waals surface area contributed by atoms with Crippen LogP contribution >= 0.6 is 0 Å². The highest BCUT2D eigenvalue weighted by molar-refractivity contribution is 6.04. The third-order valence-electron chi connectivity index (χ3n) is 4.00. The van der Waals surface area contributed by atoms with Crippen LogP contribution in [-0.4, -0.2) is 21.9 Å². The number of para-hydroxylation sites is 1. The molecule has 5 heteroatoms. The third-order valence-corrected chi connectivity index (χ3v) is 4.00. The van der Waals surface area contributed by atoms with Gasteiger partial charge in [-0.15, -0.1) is 0 Å². The van der Waals surface area contributed by atoms with Crippen LogP contribution in [0.5, 0.6) is 0 Å². The van der Waals surface area contributed by atoms with Crippen LogP contribution in [0.4, 0.5) is 11.6 Å². The average molecular weight is 296 g/mol. The number of rotatable bonds is 4. The molecule has 1 amide bonds. The van der Waals surface area contributed by atoms with Crippen molar-refractivity contribution in [3.63, 3.8) is 0 Å². The van der Waals surface area contributed by atoms with Crippen LogP contribution in [-0.2, 0) is 0 Å². The van der Waals surface area contributed by atoms with Gasteiger partial charge in [0.25, 0.3) is 5.91 Å². The molecule has 1 fully saturated rings. The largest absolute Gasteiger partial charge is 0.351 e. The van der Waals surface area contributed by atoms with Crippen molar-refractivity contribution in [2.45, 2.75) is 38.6 Å². The summed E-state index contributed by atoms with van der Waals surface area (Å²) in [5, 5.41) is 6.19. The molecule has 1 aliphatic rings. The van der Waals surface area contributed by atoms with E-state index in [-0.39, 0.29) is 5.91 Å². The van der Waals surface area contributed by atoms with E-state index in [2.05, 4.69) is 20.6 Å². The molecule has 3 rings (SSSR count). The Bertz CT molecular complexity index is 648. The number of anilines is 2. The fraction of sp³-hybridized carbons (Fsp3) is 0.353. The minimum Gasteiger partial charge on any atom is -0.351 e. The van der Waals surface area contributed by atoms with Crippen LogP contribution in [0.1, 0.15) is 41.6 Å². The van der Waals surface area contributed by atoms with Gasteiger partial charge in [0.1, 0.15) is 0 Å². The highest BCUT2D eigenvalue weighted by Crippen LogP contribution is 2.20. The number of benzene rings is 1. The molecule has 0 radical (unpaired) electrons. The second-order valence-electron chi connectivity index (χ2n) is 5.69. The van der Waals surface area contributed by atoms with E-state index in [1.807, 2.05) is 31.2 Å². The molecule has 2 aromatic rings. The molecule has 0 bridgehead atoms. The van der Waals surface area contributed by atoms with Gasteiger partial charge >= 0.3 is 0 Å². The molecule has 1 aliphatic carbocycles. The average Bonchev–Trinajstić information content (AvgIpc) is 3.03. The quantitative estimate of drug-likeness (QED) is 0.907. The molecule has 5 nitrogen and oxygen atoms in total. The Morgan fingerprint density at radius 3 is 2.50 bits per heavy atom. The summed E-state index contributed by atoms with van der Waals surface area (Å²) in [5.41, 5.74) is 2.29. The summed E-state index contributed by atoms with van der Waals surface area (Å²) in [5.74, 6) is 0.404. The normalized spacial score (nSPS) is 14.8. The summed E-state index contributed by atoms with van der Waals surface area (Å²) >= 11 is 0. The molecule has 0 saturated heterocycles. The van der Waals surface area contributed by atoms with Gasteiger partial charge in [0.05, 0.1) is 5.56 Å². The molecule has 0 aliphatic heterocycles. The van der Waals surface area contributed by atoms with E-state index >= 15 is 0 Å². The number of amides is 1. The lowest BCUT2D eigenvalue weighted by atomic mass is 10.2. The van der Waals surface area contributed by atoms with E-state index in [0.717, 1.165) is 11.3 Å². The highest BCUT2D eigenvalue weighted by atomic mass is 16.1. The molecule has 0 unspecified atom stereocenters. The minimum absolute atomic E-state index is 0.193. The van der Waals surface area contributed by atoms with Crippen LogP contribution in [0.25, 0.3) is 0 Å². The molecule has 1 aromatic carbocycles. The zero-order chi connectivity index (χ0) is 15.4. The molecule has 114 valence electrons. The Labute approximate surface area is 130 Å². The zero-order valence-corrected chi connectivity index (χ0v) is 12.7. The van der Waals surface area contributed by atoms with E-state index in [1.165, 1.54) is 25.7 Å². The number of aromatic nitrogens is 2. The number of carbonyl (C=O) groups is 1. The first-order valence-electron chi connectivity index (χ1n) is 7.68. The number of carbonyl (C=O) groups excluding carboxylic acids is 1. The maximum Gasteiger partial charge on any atom is 0.258 e. The first-order chi connectivity index (χ1) is 10.7. The van der Waals surface area contributed by atoms with E-state index in [9.17, 15) is 4.79 Å². The van der Waals surface area contributed by atoms with Crippen molar-refractivity contribution in [1.82, 2.24) is 9.97 Å². The topological polar surface area (TPSA) is 66.9 Å². The molecule has 0 spiro atoms. The first kappa shape index (κ1) is 14.5. The lowest BCUT2D eigenvalue weighted by Gasteiger charge is -2.12. The summed E-state index contributed by atoms with van der Waals surface area (Å²) in [6.07, 6.45) is 7.98. The predicted molar refractivity (Wildman–Crippen MR) is 87.0 cm³/mol. The Balaban J connectivity index is 1.64. The van der Waals surface area contributed by atoms with Crippen molar-refractivity contribution in [2.24, 2.45) is 0 Å². The van der Waals surface area contributed by atoms with Gasteiger partial charge in [0.2, 0.25) is 5.95 Å². The van der Waals surface area contributed by atoms with Crippen LogP contribution in [0.3, 0.4) is 0 Å². The summed E-state index contributed by atoms with van der Waals surface area (Å²) in [7, 11) is 0. The van der Waals surface area contributed by atoms with E-state index < -0.39 is 0 Å². The van der Waals surface area contributed by atoms with E-state index in [4.69, 9.17) is 0 Å². The summed E-state index contributed by atoms with van der Waals surface area (Å²) in [6.45, 7) is 1.96. The van der Waals surface area contributed by atoms with E-state index in [0.29, 0.717) is 17.6 Å². The molecular weight excluding hydrogens is 276 g/mol. The van der Waals surface area contributed by atoms with Crippen molar-refractivity contribution in [2.75, 3.05) is 10.6 Å². The first-order valence-corrected chi connectivity index (χ1v) is 7.68. The smallest absolute Gasteiger partial charge is 0.258 e. The van der Waals surface area contributed by atoms with Crippen molar-refractivity contribution in [3.8, 4) is 0 Å². The Morgan fingerprint density at radius 2 is 1.82 bits per heavy atom. The zero-order valence-electron chi connectivity index (χ0n) is 12.7. The molecule has 0 atom stereocenters. The SMILES string of the molecule is Cc1ccccc1NC(=O)c1cnc(NC2CCCC2)nc1. The lowest BCUT2D eigenvalue weighted by molar-refractivity contribution is 0.102. The van der Waals surface area contributed by atoms with Crippen LogP contribution < -0.4 is 10.6 Å². The maximum atomic E-state index is 12.2. The molecule has 1 aromatic heterocycles. The number of hydrogen-bond donors (Lipinski definition) is 2. The molecule has 1 heterocycles. The van der Waals surface area contributed by atoms with Crippen molar-refractivity contribution >= 4 is 17.5 Å². The van der Waals surface area contributed by atoms with Crippen LogP contribution in [0.2, 0.25) is 0 Å². The van der Waals surface area contributed by atoms with Crippen LogP contribution in [0.15, 0.2) is 36.7 Å². The maximum absolute atomic E-state index is 12.2. The van der Waals surface area contributed by atoms with E-state index in [1.54, 1.807) is 12.4 Å². The monoisotopic (exact) mass is 296 g/mol. The molecule has 1 saturated carbocycles. The second-order valence-corrected chi connectivity index (χ2v) is 5.69.